The molecule has 8 heteroatoms. The summed E-state index contributed by atoms with van der Waals surface area (Å²) in [4.78, 5) is 13.6. The Kier molecular flexibility index (Phi) is 6.27. The van der Waals surface area contributed by atoms with Crippen molar-refractivity contribution < 1.29 is 4.74 Å². The predicted molar refractivity (Wildman–Crippen MR) is 106 cm³/mol. The van der Waals surface area contributed by atoms with Gasteiger partial charge < -0.3 is 19.9 Å². The smallest absolute Gasteiger partial charge is 0.205 e. The minimum atomic E-state index is 0.688. The molecular weight excluding hydrogens is 348 g/mol. The summed E-state index contributed by atoms with van der Waals surface area (Å²) in [6, 6.07) is 8.05. The van der Waals surface area contributed by atoms with Gasteiger partial charge in [-0.25, -0.2) is 4.98 Å². The number of aryl methyl sites for hydroxylation is 1. The number of nitrogens with one attached hydrogen (secondary N) is 1. The van der Waals surface area contributed by atoms with E-state index in [0.29, 0.717) is 6.54 Å². The van der Waals surface area contributed by atoms with Crippen LogP contribution in [0.4, 0.5) is 5.13 Å². The number of anilines is 1. The van der Waals surface area contributed by atoms with Crippen LogP contribution in [0.1, 0.15) is 18.3 Å². The van der Waals surface area contributed by atoms with Crippen LogP contribution in [0.2, 0.25) is 0 Å². The lowest BCUT2D eigenvalue weighted by Crippen LogP contribution is -2.52. The molecular formula is C18H26N6OS. The van der Waals surface area contributed by atoms with Gasteiger partial charge in [0.1, 0.15) is 11.6 Å². The number of nitrogens with zero attached hydrogens (tertiary/aromatic N) is 5. The van der Waals surface area contributed by atoms with Crippen molar-refractivity contribution in [3.63, 3.8) is 0 Å². The van der Waals surface area contributed by atoms with Crippen LogP contribution < -0.4 is 15.0 Å². The molecule has 3 rings (SSSR count). The van der Waals surface area contributed by atoms with E-state index in [0.717, 1.165) is 60.8 Å². The fourth-order valence-electron chi connectivity index (χ4n) is 2.98. The number of rotatable bonds is 5. The van der Waals surface area contributed by atoms with E-state index in [9.17, 15) is 0 Å². The highest BCUT2D eigenvalue weighted by atomic mass is 32.1. The Bertz CT molecular complexity index is 739. The maximum absolute atomic E-state index is 5.42. The third-order valence-corrected chi connectivity index (χ3v) is 5.28. The summed E-state index contributed by atoms with van der Waals surface area (Å²) in [5.74, 6) is 2.74. The number of hydrogen-bond donors (Lipinski definition) is 1. The normalized spacial score (nSPS) is 15.3. The Morgan fingerprint density at radius 3 is 2.69 bits per heavy atom. The molecule has 0 saturated carbocycles. The molecule has 0 bridgehead atoms. The predicted octanol–water partition coefficient (Wildman–Crippen LogP) is 2.01. The van der Waals surface area contributed by atoms with Crippen molar-refractivity contribution in [2.24, 2.45) is 4.99 Å². The molecule has 1 aliphatic rings. The van der Waals surface area contributed by atoms with Gasteiger partial charge in [-0.3, -0.25) is 4.99 Å². The van der Waals surface area contributed by atoms with Crippen molar-refractivity contribution in [1.29, 1.82) is 0 Å². The summed E-state index contributed by atoms with van der Waals surface area (Å²) < 4.78 is 9.81. The Morgan fingerprint density at radius 1 is 1.27 bits per heavy atom. The van der Waals surface area contributed by atoms with Gasteiger partial charge in [0.2, 0.25) is 5.13 Å². The minimum absolute atomic E-state index is 0.688. The highest BCUT2D eigenvalue weighted by molar-refractivity contribution is 7.09. The summed E-state index contributed by atoms with van der Waals surface area (Å²) in [6.07, 6.45) is 0.885. The van der Waals surface area contributed by atoms with E-state index < -0.39 is 0 Å². The van der Waals surface area contributed by atoms with Crippen LogP contribution in [0.25, 0.3) is 0 Å². The SMILES string of the molecule is CCc1nsc(N2CCN(C(=NC)NCc3ccccc3OC)CC2)n1. The third kappa shape index (κ3) is 4.24. The summed E-state index contributed by atoms with van der Waals surface area (Å²) in [5, 5.41) is 4.48. The number of methoxy groups -OCH3 is 1. The second-order valence-electron chi connectivity index (χ2n) is 6.03. The monoisotopic (exact) mass is 374 g/mol. The van der Waals surface area contributed by atoms with E-state index in [-0.39, 0.29) is 0 Å². The molecule has 1 aromatic carbocycles. The molecule has 0 amide bonds. The quantitative estimate of drug-likeness (QED) is 0.638. The van der Waals surface area contributed by atoms with Crippen LogP contribution in [0.3, 0.4) is 0 Å². The average Bonchev–Trinajstić information content (AvgIpc) is 3.18. The maximum atomic E-state index is 5.42. The number of benzene rings is 1. The molecule has 0 aliphatic carbocycles. The third-order valence-electron chi connectivity index (χ3n) is 4.46. The zero-order valence-electron chi connectivity index (χ0n) is 15.6. The number of hydrogen-bond acceptors (Lipinski definition) is 6. The van der Waals surface area contributed by atoms with Crippen LogP contribution in [0.15, 0.2) is 29.3 Å². The molecule has 0 spiro atoms. The van der Waals surface area contributed by atoms with Gasteiger partial charge in [-0.1, -0.05) is 25.1 Å². The Morgan fingerprint density at radius 2 is 2.04 bits per heavy atom. The largest absolute Gasteiger partial charge is 0.496 e. The molecule has 26 heavy (non-hydrogen) atoms. The molecule has 2 heterocycles. The molecule has 1 fully saturated rings. The van der Waals surface area contributed by atoms with Crippen molar-refractivity contribution >= 4 is 22.6 Å². The molecule has 7 nitrogen and oxygen atoms in total. The standard InChI is InChI=1S/C18H26N6OS/c1-4-16-21-18(26-22-16)24-11-9-23(10-12-24)17(19-2)20-13-14-7-5-6-8-15(14)25-3/h5-8H,4,9-13H2,1-3H3,(H,19,20). The number of ether oxygens (including phenoxy) is 1. The van der Waals surface area contributed by atoms with Gasteiger partial charge in [0.25, 0.3) is 0 Å². The van der Waals surface area contributed by atoms with Crippen molar-refractivity contribution in [3.05, 3.63) is 35.7 Å². The van der Waals surface area contributed by atoms with E-state index in [1.54, 1.807) is 7.11 Å². The van der Waals surface area contributed by atoms with Crippen LogP contribution >= 0.6 is 11.5 Å². The Labute approximate surface area is 158 Å². The van der Waals surface area contributed by atoms with Gasteiger partial charge in [-0.2, -0.15) is 4.37 Å². The molecule has 1 aromatic heterocycles. The summed E-state index contributed by atoms with van der Waals surface area (Å²) in [7, 11) is 3.53. The van der Waals surface area contributed by atoms with Gasteiger partial charge in [0.15, 0.2) is 5.96 Å². The van der Waals surface area contributed by atoms with E-state index in [4.69, 9.17) is 4.74 Å². The molecule has 2 aromatic rings. The van der Waals surface area contributed by atoms with Crippen molar-refractivity contribution in [3.8, 4) is 5.75 Å². The maximum Gasteiger partial charge on any atom is 0.205 e. The molecule has 1 aliphatic heterocycles. The van der Waals surface area contributed by atoms with Gasteiger partial charge in [-0.15, -0.1) is 0 Å². The lowest BCUT2D eigenvalue weighted by Gasteiger charge is -2.36. The van der Waals surface area contributed by atoms with Crippen LogP contribution in [0.5, 0.6) is 5.75 Å². The molecule has 1 N–H and O–H groups in total. The Balaban J connectivity index is 1.55. The van der Waals surface area contributed by atoms with E-state index in [2.05, 4.69) is 42.5 Å². The number of piperazine rings is 1. The van der Waals surface area contributed by atoms with Gasteiger partial charge in [0.05, 0.1) is 7.11 Å². The molecule has 1 saturated heterocycles. The van der Waals surface area contributed by atoms with Crippen LogP contribution in [0, 0.1) is 0 Å². The molecule has 0 radical (unpaired) electrons. The van der Waals surface area contributed by atoms with Gasteiger partial charge in [-0.05, 0) is 6.07 Å². The Hall–Kier alpha value is -2.35. The van der Waals surface area contributed by atoms with Gasteiger partial charge in [0, 0.05) is 63.3 Å². The second-order valence-corrected chi connectivity index (χ2v) is 6.76. The van der Waals surface area contributed by atoms with Crippen molar-refractivity contribution in [2.75, 3.05) is 45.2 Å². The van der Waals surface area contributed by atoms with E-state index in [1.807, 2.05) is 25.2 Å². The summed E-state index contributed by atoms with van der Waals surface area (Å²) >= 11 is 1.49. The van der Waals surface area contributed by atoms with Gasteiger partial charge >= 0.3 is 0 Å². The first kappa shape index (κ1) is 18.4. The molecule has 0 unspecified atom stereocenters. The lowest BCUT2D eigenvalue weighted by atomic mass is 10.2. The zero-order valence-corrected chi connectivity index (χ0v) is 16.4. The highest BCUT2D eigenvalue weighted by Crippen LogP contribution is 2.20. The number of para-hydroxylation sites is 1. The molecule has 140 valence electrons. The minimum Gasteiger partial charge on any atom is -0.496 e. The summed E-state index contributed by atoms with van der Waals surface area (Å²) in [5.41, 5.74) is 1.12. The number of guanidine groups is 1. The highest BCUT2D eigenvalue weighted by Gasteiger charge is 2.22. The average molecular weight is 375 g/mol. The number of aliphatic imine (C=N–C) groups is 1. The van der Waals surface area contributed by atoms with Crippen LogP contribution in [-0.4, -0.2) is 60.6 Å². The first-order valence-corrected chi connectivity index (χ1v) is 9.67. The first-order valence-electron chi connectivity index (χ1n) is 8.90. The summed E-state index contributed by atoms with van der Waals surface area (Å²) in [6.45, 7) is 6.44. The topological polar surface area (TPSA) is 65.9 Å². The van der Waals surface area contributed by atoms with Crippen LogP contribution in [-0.2, 0) is 13.0 Å². The molecule has 0 atom stereocenters. The van der Waals surface area contributed by atoms with Crippen molar-refractivity contribution in [2.45, 2.75) is 19.9 Å². The van der Waals surface area contributed by atoms with E-state index in [1.165, 1.54) is 11.5 Å². The van der Waals surface area contributed by atoms with E-state index >= 15 is 0 Å². The first-order chi connectivity index (χ1) is 12.7. The second kappa shape index (κ2) is 8.84. The fourth-order valence-corrected chi connectivity index (χ4v) is 3.78. The lowest BCUT2D eigenvalue weighted by molar-refractivity contribution is 0.371. The number of aromatic nitrogens is 2. The fraction of sp³-hybridized carbons (Fsp3) is 0.500. The zero-order chi connectivity index (χ0) is 18.4. The van der Waals surface area contributed by atoms with Crippen molar-refractivity contribution in [1.82, 2.24) is 19.6 Å².